The van der Waals surface area contributed by atoms with Gasteiger partial charge in [-0.05, 0) is 103 Å². The first-order valence-electron chi connectivity index (χ1n) is 29.3. The van der Waals surface area contributed by atoms with Crippen molar-refractivity contribution in [2.75, 3.05) is 47.5 Å². The van der Waals surface area contributed by atoms with Gasteiger partial charge in [0.25, 0.3) is 0 Å². The normalized spacial score (nSPS) is 14.2. The number of nitrogens with zero attached hydrogens (tertiary/aromatic N) is 1. The van der Waals surface area contributed by atoms with Gasteiger partial charge in [0.05, 0.1) is 27.7 Å². The lowest BCUT2D eigenvalue weighted by atomic mass is 10.0. The standard InChI is InChI=1S/C64H108NO8P/c1-6-8-10-12-14-16-18-20-22-23-24-25-26-27-28-29-30-31-32-33-34-35-36-37-38-39-40-41-43-45-47-49-51-53-55-57-64(67)73-62(61-72-74(68,69)71-59-58-65(3,4)5)60-70-63(66)56-54-52-50-48-46-44-42-21-19-17-15-13-11-9-7-2/h8-11,14-17,20-22,24-25,27-28,30-31,33-34,42,62H,6-7,12-13,18-19,23,26,29,32,35-41,43-61H2,1-5H3/p+1/b10-8-,11-9-,16-14-,17-15-,22-20-,25-24-,28-27-,31-30-,34-33-,42-21-. The molecular formula is C64H109NO8P+. The number of ether oxygens (including phenoxy) is 2. The molecule has 0 spiro atoms. The van der Waals surface area contributed by atoms with E-state index in [1.165, 1.54) is 64.2 Å². The lowest BCUT2D eigenvalue weighted by Crippen LogP contribution is -2.37. The van der Waals surface area contributed by atoms with Crippen molar-refractivity contribution in [1.82, 2.24) is 0 Å². The third kappa shape index (κ3) is 57.7. The fourth-order valence-electron chi connectivity index (χ4n) is 7.54. The number of likely N-dealkylation sites (N-methyl/N-ethyl adjacent to an activating group) is 1. The van der Waals surface area contributed by atoms with Crippen LogP contribution in [0.5, 0.6) is 0 Å². The van der Waals surface area contributed by atoms with Crippen LogP contribution in [-0.2, 0) is 32.7 Å². The number of carbonyl (C=O) groups excluding carboxylic acids is 2. The van der Waals surface area contributed by atoms with Crippen LogP contribution in [0.15, 0.2) is 122 Å². The summed E-state index contributed by atoms with van der Waals surface area (Å²) in [6.45, 7) is 4.17. The minimum Gasteiger partial charge on any atom is -0.462 e. The molecule has 0 aromatic carbocycles. The largest absolute Gasteiger partial charge is 0.472 e. The molecule has 0 radical (unpaired) electrons. The fourth-order valence-corrected chi connectivity index (χ4v) is 8.28. The molecule has 0 bridgehead atoms. The number of quaternary nitrogens is 1. The maximum Gasteiger partial charge on any atom is 0.472 e. The zero-order valence-electron chi connectivity index (χ0n) is 47.8. The molecule has 0 aromatic rings. The van der Waals surface area contributed by atoms with E-state index >= 15 is 0 Å². The lowest BCUT2D eigenvalue weighted by Gasteiger charge is -2.24. The van der Waals surface area contributed by atoms with Crippen molar-refractivity contribution in [2.45, 2.75) is 225 Å². The maximum atomic E-state index is 12.8. The van der Waals surface area contributed by atoms with Crippen LogP contribution < -0.4 is 0 Å². The summed E-state index contributed by atoms with van der Waals surface area (Å²) < 4.78 is 34.5. The van der Waals surface area contributed by atoms with Crippen molar-refractivity contribution in [3.05, 3.63) is 122 Å². The van der Waals surface area contributed by atoms with Gasteiger partial charge in [-0.15, -0.1) is 0 Å². The molecule has 0 aliphatic carbocycles. The molecule has 0 amide bonds. The minimum atomic E-state index is -4.40. The maximum absolute atomic E-state index is 12.8. The summed E-state index contributed by atoms with van der Waals surface area (Å²) in [7, 11) is 1.45. The van der Waals surface area contributed by atoms with Gasteiger partial charge in [0, 0.05) is 12.8 Å². The van der Waals surface area contributed by atoms with Gasteiger partial charge in [-0.2, -0.15) is 0 Å². The van der Waals surface area contributed by atoms with Crippen molar-refractivity contribution in [2.24, 2.45) is 0 Å². The van der Waals surface area contributed by atoms with E-state index in [0.29, 0.717) is 23.9 Å². The van der Waals surface area contributed by atoms with E-state index in [1.807, 2.05) is 21.1 Å². The zero-order valence-corrected chi connectivity index (χ0v) is 48.7. The Balaban J connectivity index is 4.11. The summed E-state index contributed by atoms with van der Waals surface area (Å²) >= 11 is 0. The molecule has 0 saturated heterocycles. The van der Waals surface area contributed by atoms with Crippen molar-refractivity contribution < 1.29 is 42.1 Å². The second kappa shape index (κ2) is 54.2. The third-order valence-electron chi connectivity index (χ3n) is 12.0. The highest BCUT2D eigenvalue weighted by Crippen LogP contribution is 2.43. The fraction of sp³-hybridized carbons (Fsp3) is 0.656. The van der Waals surface area contributed by atoms with Crippen molar-refractivity contribution in [3.8, 4) is 0 Å². The number of hydrogen-bond donors (Lipinski definition) is 1. The number of esters is 2. The van der Waals surface area contributed by atoms with E-state index in [9.17, 15) is 19.0 Å². The molecule has 0 fully saturated rings. The van der Waals surface area contributed by atoms with Gasteiger partial charge < -0.3 is 18.9 Å². The Morgan fingerprint density at radius 2 is 0.730 bits per heavy atom. The van der Waals surface area contributed by atoms with Crippen LogP contribution in [0, 0.1) is 0 Å². The van der Waals surface area contributed by atoms with Crippen molar-refractivity contribution in [3.63, 3.8) is 0 Å². The van der Waals surface area contributed by atoms with Gasteiger partial charge in [0.1, 0.15) is 19.8 Å². The Labute approximate surface area is 454 Å². The number of carbonyl (C=O) groups is 2. The molecule has 10 heteroatoms. The van der Waals surface area contributed by atoms with E-state index in [2.05, 4.69) is 135 Å². The summed E-state index contributed by atoms with van der Waals surface area (Å²) in [5.41, 5.74) is 0. The average Bonchev–Trinajstić information content (AvgIpc) is 3.36. The number of allylic oxidation sites excluding steroid dienone is 20. The Morgan fingerprint density at radius 3 is 1.08 bits per heavy atom. The van der Waals surface area contributed by atoms with Crippen molar-refractivity contribution in [1.29, 1.82) is 0 Å². The van der Waals surface area contributed by atoms with E-state index < -0.39 is 26.5 Å². The Kier molecular flexibility index (Phi) is 51.6. The Morgan fingerprint density at radius 1 is 0.419 bits per heavy atom. The molecule has 2 atom stereocenters. The molecule has 0 saturated carbocycles. The van der Waals surface area contributed by atoms with E-state index in [-0.39, 0.29) is 32.0 Å². The highest BCUT2D eigenvalue weighted by atomic mass is 31.2. The smallest absolute Gasteiger partial charge is 0.462 e. The molecule has 0 heterocycles. The predicted octanol–water partition coefficient (Wildman–Crippen LogP) is 18.4. The molecule has 9 nitrogen and oxygen atoms in total. The number of phosphoric ester groups is 1. The van der Waals surface area contributed by atoms with Crippen LogP contribution in [-0.4, -0.2) is 74.9 Å². The first kappa shape index (κ1) is 70.4. The molecule has 0 aliphatic heterocycles. The molecule has 0 rings (SSSR count). The molecular weight excluding hydrogens is 942 g/mol. The SMILES string of the molecule is CC/C=C\C/C=C\C/C=C\C/C=C\C/C=C\C/C=C\C/C=C\CCCCCCCCCCCCCCCC(=O)OC(COC(=O)CCCCCCC/C=C\C/C=C\C/C=C\CC)COP(=O)(O)OCC[N+](C)(C)C. The van der Waals surface area contributed by atoms with Gasteiger partial charge in [0.2, 0.25) is 0 Å². The van der Waals surface area contributed by atoms with Crippen LogP contribution in [0.2, 0.25) is 0 Å². The quantitative estimate of drug-likeness (QED) is 0.0211. The Bertz CT molecular complexity index is 1660. The van der Waals surface area contributed by atoms with E-state index in [4.69, 9.17) is 18.5 Å². The summed E-state index contributed by atoms with van der Waals surface area (Å²) in [6.07, 6.45) is 77.0. The summed E-state index contributed by atoms with van der Waals surface area (Å²) in [5.74, 6) is -0.825. The van der Waals surface area contributed by atoms with Gasteiger partial charge in [-0.3, -0.25) is 18.6 Å². The van der Waals surface area contributed by atoms with Crippen LogP contribution in [0.1, 0.15) is 219 Å². The van der Waals surface area contributed by atoms with Gasteiger partial charge >= 0.3 is 19.8 Å². The van der Waals surface area contributed by atoms with Gasteiger partial charge in [-0.25, -0.2) is 4.57 Å². The number of hydrogen-bond acceptors (Lipinski definition) is 7. The van der Waals surface area contributed by atoms with E-state index in [1.54, 1.807) is 0 Å². The van der Waals surface area contributed by atoms with Crippen LogP contribution in [0.3, 0.4) is 0 Å². The third-order valence-corrected chi connectivity index (χ3v) is 13.0. The molecule has 0 aliphatic rings. The number of unbranched alkanes of at least 4 members (excludes halogenated alkanes) is 18. The molecule has 2 unspecified atom stereocenters. The zero-order chi connectivity index (χ0) is 54.2. The predicted molar refractivity (Wildman–Crippen MR) is 316 cm³/mol. The van der Waals surface area contributed by atoms with Crippen molar-refractivity contribution >= 4 is 19.8 Å². The lowest BCUT2D eigenvalue weighted by molar-refractivity contribution is -0.870. The van der Waals surface area contributed by atoms with Gasteiger partial charge in [-0.1, -0.05) is 225 Å². The second-order valence-electron chi connectivity index (χ2n) is 20.3. The van der Waals surface area contributed by atoms with Crippen LogP contribution in [0.25, 0.3) is 0 Å². The highest BCUT2D eigenvalue weighted by Gasteiger charge is 2.27. The van der Waals surface area contributed by atoms with Crippen LogP contribution >= 0.6 is 7.82 Å². The highest BCUT2D eigenvalue weighted by molar-refractivity contribution is 7.47. The average molecular weight is 1050 g/mol. The summed E-state index contributed by atoms with van der Waals surface area (Å²) in [4.78, 5) is 35.6. The molecule has 422 valence electrons. The monoisotopic (exact) mass is 1050 g/mol. The van der Waals surface area contributed by atoms with Gasteiger partial charge in [0.15, 0.2) is 6.10 Å². The molecule has 74 heavy (non-hydrogen) atoms. The molecule has 0 aromatic heterocycles. The van der Waals surface area contributed by atoms with E-state index in [0.717, 1.165) is 116 Å². The summed E-state index contributed by atoms with van der Waals surface area (Å²) in [6, 6.07) is 0. The summed E-state index contributed by atoms with van der Waals surface area (Å²) in [5, 5.41) is 0. The first-order valence-corrected chi connectivity index (χ1v) is 30.8. The first-order chi connectivity index (χ1) is 36.0. The molecule has 1 N–H and O–H groups in total. The second-order valence-corrected chi connectivity index (χ2v) is 21.7. The number of rotatable bonds is 52. The van der Waals surface area contributed by atoms with Crippen LogP contribution in [0.4, 0.5) is 0 Å². The topological polar surface area (TPSA) is 108 Å². The number of phosphoric acid groups is 1. The minimum absolute atomic E-state index is 0.0230. The Hall–Kier alpha value is -3.59.